The molecule has 6 heteroatoms. The van der Waals surface area contributed by atoms with Gasteiger partial charge in [-0.25, -0.2) is 9.97 Å². The third-order valence-electron chi connectivity index (χ3n) is 3.49. The molecule has 1 amide bonds. The minimum atomic E-state index is -0.143. The number of anilines is 1. The molecule has 0 fully saturated rings. The average Bonchev–Trinajstić information content (AvgIpc) is 3.13. The number of benzene rings is 1. The summed E-state index contributed by atoms with van der Waals surface area (Å²) in [6, 6.07) is 8.35. The molecule has 0 bridgehead atoms. The number of nitrogens with zero attached hydrogens (tertiary/aromatic N) is 2. The van der Waals surface area contributed by atoms with E-state index in [0.717, 1.165) is 28.4 Å². The van der Waals surface area contributed by atoms with Crippen LogP contribution in [-0.4, -0.2) is 15.9 Å². The van der Waals surface area contributed by atoms with Crippen molar-refractivity contribution < 1.29 is 4.79 Å². The van der Waals surface area contributed by atoms with Gasteiger partial charge in [0, 0.05) is 10.9 Å². The van der Waals surface area contributed by atoms with Gasteiger partial charge >= 0.3 is 0 Å². The van der Waals surface area contributed by atoms with Gasteiger partial charge in [-0.2, -0.15) is 0 Å². The number of rotatable bonds is 4. The van der Waals surface area contributed by atoms with Crippen molar-refractivity contribution in [2.75, 3.05) is 5.32 Å². The highest BCUT2D eigenvalue weighted by molar-refractivity contribution is 7.15. The molecule has 23 heavy (non-hydrogen) atoms. The standard InChI is InChI=1S/C17H17N3OS2/c1-4-12-5-7-13(8-6-12)14-9-22-17(19-14)20-16(21)15-10(2)18-11(3)23-15/h5-9H,4H2,1-3H3,(H,19,20,21). The molecule has 1 N–H and O–H groups in total. The van der Waals surface area contributed by atoms with Crippen LogP contribution in [0.15, 0.2) is 29.6 Å². The Morgan fingerprint density at radius 1 is 1.17 bits per heavy atom. The molecule has 0 radical (unpaired) electrons. The highest BCUT2D eigenvalue weighted by Crippen LogP contribution is 2.26. The second kappa shape index (κ2) is 6.60. The fraction of sp³-hybridized carbons (Fsp3) is 0.235. The van der Waals surface area contributed by atoms with Gasteiger partial charge in [0.2, 0.25) is 0 Å². The molecular weight excluding hydrogens is 326 g/mol. The molecule has 0 aliphatic heterocycles. The van der Waals surface area contributed by atoms with E-state index in [9.17, 15) is 4.79 Å². The van der Waals surface area contributed by atoms with E-state index in [1.165, 1.54) is 28.2 Å². The summed E-state index contributed by atoms with van der Waals surface area (Å²) < 4.78 is 0. The van der Waals surface area contributed by atoms with Crippen LogP contribution in [0, 0.1) is 13.8 Å². The maximum atomic E-state index is 12.3. The van der Waals surface area contributed by atoms with Gasteiger partial charge in [-0.15, -0.1) is 22.7 Å². The van der Waals surface area contributed by atoms with Gasteiger partial charge in [-0.3, -0.25) is 10.1 Å². The molecule has 0 atom stereocenters. The first-order valence-electron chi connectivity index (χ1n) is 7.37. The zero-order chi connectivity index (χ0) is 16.4. The second-order valence-corrected chi connectivity index (χ2v) is 7.25. The fourth-order valence-electron chi connectivity index (χ4n) is 2.27. The fourth-order valence-corrected chi connectivity index (χ4v) is 3.80. The van der Waals surface area contributed by atoms with E-state index in [-0.39, 0.29) is 5.91 Å². The Morgan fingerprint density at radius 2 is 1.91 bits per heavy atom. The van der Waals surface area contributed by atoms with Crippen LogP contribution >= 0.6 is 22.7 Å². The number of hydrogen-bond acceptors (Lipinski definition) is 5. The van der Waals surface area contributed by atoms with Gasteiger partial charge in [-0.05, 0) is 25.8 Å². The lowest BCUT2D eigenvalue weighted by atomic mass is 10.1. The Morgan fingerprint density at radius 3 is 2.52 bits per heavy atom. The molecule has 0 saturated carbocycles. The minimum Gasteiger partial charge on any atom is -0.297 e. The van der Waals surface area contributed by atoms with Crippen molar-refractivity contribution >= 4 is 33.7 Å². The van der Waals surface area contributed by atoms with Gasteiger partial charge in [0.15, 0.2) is 5.13 Å². The van der Waals surface area contributed by atoms with Crippen molar-refractivity contribution in [3.05, 3.63) is 50.8 Å². The monoisotopic (exact) mass is 343 g/mol. The normalized spacial score (nSPS) is 10.7. The van der Waals surface area contributed by atoms with Crippen molar-refractivity contribution in [3.63, 3.8) is 0 Å². The molecule has 0 aliphatic rings. The zero-order valence-electron chi connectivity index (χ0n) is 13.2. The van der Waals surface area contributed by atoms with E-state index in [1.54, 1.807) is 0 Å². The Hall–Kier alpha value is -2.05. The number of carbonyl (C=O) groups is 1. The van der Waals surface area contributed by atoms with Crippen LogP contribution in [-0.2, 0) is 6.42 Å². The van der Waals surface area contributed by atoms with E-state index in [0.29, 0.717) is 10.0 Å². The summed E-state index contributed by atoms with van der Waals surface area (Å²) in [6.45, 7) is 5.88. The van der Waals surface area contributed by atoms with E-state index >= 15 is 0 Å². The molecule has 4 nitrogen and oxygen atoms in total. The predicted octanol–water partition coefficient (Wildman–Crippen LogP) is 4.70. The van der Waals surface area contributed by atoms with Crippen LogP contribution < -0.4 is 5.32 Å². The predicted molar refractivity (Wildman–Crippen MR) is 96.5 cm³/mol. The molecular formula is C17H17N3OS2. The quantitative estimate of drug-likeness (QED) is 0.747. The second-order valence-electron chi connectivity index (χ2n) is 5.19. The van der Waals surface area contributed by atoms with Crippen molar-refractivity contribution in [2.24, 2.45) is 0 Å². The number of amides is 1. The Kier molecular flexibility index (Phi) is 4.54. The summed E-state index contributed by atoms with van der Waals surface area (Å²) in [7, 11) is 0. The lowest BCUT2D eigenvalue weighted by Gasteiger charge is -2.00. The third kappa shape index (κ3) is 3.48. The Bertz CT molecular complexity index is 834. The van der Waals surface area contributed by atoms with Crippen LogP contribution in [0.4, 0.5) is 5.13 Å². The van der Waals surface area contributed by atoms with E-state index in [4.69, 9.17) is 0 Å². The molecule has 0 aliphatic carbocycles. The van der Waals surface area contributed by atoms with Crippen molar-refractivity contribution in [1.82, 2.24) is 9.97 Å². The number of thiazole rings is 2. The Labute approximate surface area is 143 Å². The topological polar surface area (TPSA) is 54.9 Å². The lowest BCUT2D eigenvalue weighted by Crippen LogP contribution is -2.11. The molecule has 1 aromatic carbocycles. The number of aromatic nitrogens is 2. The molecule has 2 heterocycles. The minimum absolute atomic E-state index is 0.143. The number of nitrogens with one attached hydrogen (secondary N) is 1. The number of aryl methyl sites for hydroxylation is 3. The summed E-state index contributed by atoms with van der Waals surface area (Å²) >= 11 is 2.83. The first-order valence-corrected chi connectivity index (χ1v) is 9.06. The average molecular weight is 343 g/mol. The van der Waals surface area contributed by atoms with Crippen LogP contribution in [0.3, 0.4) is 0 Å². The van der Waals surface area contributed by atoms with Gasteiger partial charge in [0.1, 0.15) is 4.88 Å². The van der Waals surface area contributed by atoms with Gasteiger partial charge in [-0.1, -0.05) is 31.2 Å². The highest BCUT2D eigenvalue weighted by Gasteiger charge is 2.15. The van der Waals surface area contributed by atoms with Crippen LogP contribution in [0.5, 0.6) is 0 Å². The van der Waals surface area contributed by atoms with Crippen molar-refractivity contribution in [1.29, 1.82) is 0 Å². The highest BCUT2D eigenvalue weighted by atomic mass is 32.1. The van der Waals surface area contributed by atoms with Gasteiger partial charge in [0.05, 0.1) is 16.4 Å². The largest absolute Gasteiger partial charge is 0.297 e. The molecule has 118 valence electrons. The summed E-state index contributed by atoms with van der Waals surface area (Å²) in [4.78, 5) is 21.7. The van der Waals surface area contributed by atoms with Gasteiger partial charge < -0.3 is 0 Å². The zero-order valence-corrected chi connectivity index (χ0v) is 14.8. The van der Waals surface area contributed by atoms with Crippen LogP contribution in [0.1, 0.15) is 32.9 Å². The summed E-state index contributed by atoms with van der Waals surface area (Å²) in [5, 5.41) is 6.32. The van der Waals surface area contributed by atoms with E-state index in [2.05, 4.69) is 46.5 Å². The number of carbonyl (C=O) groups excluding carboxylic acids is 1. The Balaban J connectivity index is 1.76. The molecule has 3 rings (SSSR count). The molecule has 0 unspecified atom stereocenters. The number of hydrogen-bond donors (Lipinski definition) is 1. The van der Waals surface area contributed by atoms with Crippen LogP contribution in [0.2, 0.25) is 0 Å². The molecule has 3 aromatic rings. The molecule has 2 aromatic heterocycles. The van der Waals surface area contributed by atoms with Gasteiger partial charge in [0.25, 0.3) is 5.91 Å². The molecule has 0 spiro atoms. The summed E-state index contributed by atoms with van der Waals surface area (Å²) in [5.74, 6) is -0.143. The van der Waals surface area contributed by atoms with E-state index in [1.807, 2.05) is 19.2 Å². The third-order valence-corrected chi connectivity index (χ3v) is 5.32. The molecule has 0 saturated heterocycles. The first-order chi connectivity index (χ1) is 11.1. The SMILES string of the molecule is CCc1ccc(-c2csc(NC(=O)c3sc(C)nc3C)n2)cc1. The lowest BCUT2D eigenvalue weighted by molar-refractivity contribution is 0.103. The van der Waals surface area contributed by atoms with Crippen molar-refractivity contribution in [3.8, 4) is 11.3 Å². The van der Waals surface area contributed by atoms with E-state index < -0.39 is 0 Å². The summed E-state index contributed by atoms with van der Waals surface area (Å²) in [6.07, 6.45) is 1.02. The first kappa shape index (κ1) is 15.8. The van der Waals surface area contributed by atoms with Crippen LogP contribution in [0.25, 0.3) is 11.3 Å². The maximum Gasteiger partial charge on any atom is 0.269 e. The smallest absolute Gasteiger partial charge is 0.269 e. The van der Waals surface area contributed by atoms with Crippen molar-refractivity contribution in [2.45, 2.75) is 27.2 Å². The summed E-state index contributed by atoms with van der Waals surface area (Å²) in [5.41, 5.74) is 4.00. The maximum absolute atomic E-state index is 12.3.